The van der Waals surface area contributed by atoms with Gasteiger partial charge in [0.2, 0.25) is 0 Å². The lowest BCUT2D eigenvalue weighted by Crippen LogP contribution is -2.26. The molecule has 28 heavy (non-hydrogen) atoms. The lowest BCUT2D eigenvalue weighted by molar-refractivity contribution is 0.244. The number of aromatic amines is 1. The van der Waals surface area contributed by atoms with Crippen LogP contribution in [0.3, 0.4) is 0 Å². The standard InChI is InChI=1S/C22H27N3OS2/c1-13-5-10-17-18(11-13)28-22-19(17)21(26)23-20(24-22)14(2)25(3)12-15-6-8-16(27-4)9-7-15/h6-9,13-14H,5,10-12H2,1-4H3,(H,23,24,26)/t13-,14-/m1/s1. The van der Waals surface area contributed by atoms with Gasteiger partial charge in [0.1, 0.15) is 10.7 Å². The van der Waals surface area contributed by atoms with E-state index >= 15 is 0 Å². The first-order chi connectivity index (χ1) is 13.5. The fraction of sp³-hybridized carbons (Fsp3) is 0.455. The first-order valence-electron chi connectivity index (χ1n) is 9.84. The number of hydrogen-bond donors (Lipinski definition) is 1. The van der Waals surface area contributed by atoms with Crippen molar-refractivity contribution in [1.82, 2.24) is 14.9 Å². The predicted octanol–water partition coefficient (Wildman–Crippen LogP) is 5.02. The van der Waals surface area contributed by atoms with Gasteiger partial charge in [-0.2, -0.15) is 0 Å². The van der Waals surface area contributed by atoms with Crippen molar-refractivity contribution in [3.63, 3.8) is 0 Å². The zero-order chi connectivity index (χ0) is 19.8. The van der Waals surface area contributed by atoms with Crippen molar-refractivity contribution < 1.29 is 0 Å². The minimum absolute atomic E-state index is 0.0247. The Labute approximate surface area is 174 Å². The Hall–Kier alpha value is -1.63. The van der Waals surface area contributed by atoms with Gasteiger partial charge in [0.25, 0.3) is 5.56 Å². The summed E-state index contributed by atoms with van der Waals surface area (Å²) in [5, 5.41) is 0.832. The molecule has 1 aromatic carbocycles. The van der Waals surface area contributed by atoms with Gasteiger partial charge < -0.3 is 4.98 Å². The van der Waals surface area contributed by atoms with E-state index in [0.29, 0.717) is 5.92 Å². The average molecular weight is 414 g/mol. The second-order valence-electron chi connectivity index (χ2n) is 7.92. The van der Waals surface area contributed by atoms with Crippen LogP contribution < -0.4 is 5.56 Å². The Morgan fingerprint density at radius 1 is 1.36 bits per heavy atom. The molecule has 0 radical (unpaired) electrons. The molecule has 0 bridgehead atoms. The van der Waals surface area contributed by atoms with Crippen LogP contribution >= 0.6 is 23.1 Å². The highest BCUT2D eigenvalue weighted by molar-refractivity contribution is 7.98. The second-order valence-corrected chi connectivity index (χ2v) is 9.89. The number of aromatic nitrogens is 2. The van der Waals surface area contributed by atoms with Gasteiger partial charge in [-0.3, -0.25) is 9.69 Å². The quantitative estimate of drug-likeness (QED) is 0.597. The minimum atomic E-state index is 0.0247. The number of fused-ring (bicyclic) bond motifs is 3. The summed E-state index contributed by atoms with van der Waals surface area (Å²) in [4.78, 5) is 26.6. The Balaban J connectivity index is 1.59. The smallest absolute Gasteiger partial charge is 0.259 e. The molecule has 0 aliphatic heterocycles. The molecular weight excluding hydrogens is 386 g/mol. The lowest BCUT2D eigenvalue weighted by atomic mass is 9.89. The summed E-state index contributed by atoms with van der Waals surface area (Å²) in [5.41, 5.74) is 2.53. The summed E-state index contributed by atoms with van der Waals surface area (Å²) in [6, 6.07) is 8.69. The summed E-state index contributed by atoms with van der Waals surface area (Å²) in [6.45, 7) is 5.21. The Bertz CT molecular complexity index is 1040. The van der Waals surface area contributed by atoms with Gasteiger partial charge in [-0.15, -0.1) is 23.1 Å². The molecule has 3 aromatic rings. The zero-order valence-corrected chi connectivity index (χ0v) is 18.5. The third-order valence-electron chi connectivity index (χ3n) is 5.83. The molecule has 0 saturated carbocycles. The number of thioether (sulfide) groups is 1. The molecule has 1 aliphatic rings. The van der Waals surface area contributed by atoms with E-state index in [1.54, 1.807) is 23.1 Å². The van der Waals surface area contributed by atoms with Crippen LogP contribution in [-0.4, -0.2) is 28.2 Å². The zero-order valence-electron chi connectivity index (χ0n) is 16.9. The lowest BCUT2D eigenvalue weighted by Gasteiger charge is -2.24. The van der Waals surface area contributed by atoms with Gasteiger partial charge in [0.15, 0.2) is 0 Å². The van der Waals surface area contributed by atoms with Gasteiger partial charge >= 0.3 is 0 Å². The molecule has 1 N–H and O–H groups in total. The number of benzene rings is 1. The van der Waals surface area contributed by atoms with E-state index in [-0.39, 0.29) is 11.6 Å². The second kappa shape index (κ2) is 8.01. The van der Waals surface area contributed by atoms with Crippen molar-refractivity contribution >= 4 is 33.3 Å². The van der Waals surface area contributed by atoms with Gasteiger partial charge in [0, 0.05) is 16.3 Å². The summed E-state index contributed by atoms with van der Waals surface area (Å²) < 4.78 is 0. The number of nitrogens with one attached hydrogen (secondary N) is 1. The van der Waals surface area contributed by atoms with E-state index in [9.17, 15) is 4.79 Å². The molecular formula is C22H27N3OS2. The molecule has 1 aliphatic carbocycles. The molecule has 6 heteroatoms. The molecule has 148 valence electrons. The van der Waals surface area contributed by atoms with Crippen LogP contribution in [0.1, 0.15) is 48.1 Å². The van der Waals surface area contributed by atoms with Crippen molar-refractivity contribution in [2.75, 3.05) is 13.3 Å². The first-order valence-corrected chi connectivity index (χ1v) is 11.9. The summed E-state index contributed by atoms with van der Waals surface area (Å²) >= 11 is 3.47. The van der Waals surface area contributed by atoms with E-state index in [1.165, 1.54) is 20.9 Å². The number of hydrogen-bond acceptors (Lipinski definition) is 5. The maximum Gasteiger partial charge on any atom is 0.259 e. The largest absolute Gasteiger partial charge is 0.309 e. The maximum absolute atomic E-state index is 12.9. The third kappa shape index (κ3) is 3.78. The number of thiophene rings is 1. The van der Waals surface area contributed by atoms with Gasteiger partial charge in [-0.25, -0.2) is 4.98 Å². The van der Waals surface area contributed by atoms with Crippen molar-refractivity contribution in [2.24, 2.45) is 5.92 Å². The minimum Gasteiger partial charge on any atom is -0.309 e. The highest BCUT2D eigenvalue weighted by atomic mass is 32.2. The number of rotatable bonds is 5. The van der Waals surface area contributed by atoms with E-state index in [2.05, 4.69) is 61.3 Å². The van der Waals surface area contributed by atoms with Gasteiger partial charge in [-0.1, -0.05) is 19.1 Å². The fourth-order valence-electron chi connectivity index (χ4n) is 3.93. The molecule has 0 fully saturated rings. The maximum atomic E-state index is 12.9. The molecule has 0 saturated heterocycles. The first kappa shape index (κ1) is 19.7. The van der Waals surface area contributed by atoms with Crippen LogP contribution in [0.25, 0.3) is 10.2 Å². The van der Waals surface area contributed by atoms with Crippen LogP contribution in [0, 0.1) is 5.92 Å². The number of aryl methyl sites for hydroxylation is 1. The Morgan fingerprint density at radius 3 is 2.82 bits per heavy atom. The Morgan fingerprint density at radius 2 is 2.11 bits per heavy atom. The van der Waals surface area contributed by atoms with Gasteiger partial charge in [-0.05, 0) is 68.7 Å². The van der Waals surface area contributed by atoms with Gasteiger partial charge in [0.05, 0.1) is 11.4 Å². The third-order valence-corrected chi connectivity index (χ3v) is 7.72. The molecule has 0 amide bonds. The van der Waals surface area contributed by atoms with Crippen LogP contribution in [0.15, 0.2) is 34.0 Å². The highest BCUT2D eigenvalue weighted by Gasteiger charge is 2.24. The monoisotopic (exact) mass is 413 g/mol. The van der Waals surface area contributed by atoms with Crippen molar-refractivity contribution in [3.05, 3.63) is 56.4 Å². The molecule has 4 nitrogen and oxygen atoms in total. The number of nitrogens with zero attached hydrogens (tertiary/aromatic N) is 2. The van der Waals surface area contributed by atoms with Crippen molar-refractivity contribution in [3.8, 4) is 0 Å². The van der Waals surface area contributed by atoms with E-state index in [4.69, 9.17) is 4.98 Å². The topological polar surface area (TPSA) is 49.0 Å². The SMILES string of the molecule is CSc1ccc(CN(C)[C@H](C)c2nc3sc4c(c3c(=O)[nH]2)CC[C@@H](C)C4)cc1. The molecule has 0 unspecified atom stereocenters. The van der Waals surface area contributed by atoms with E-state index in [1.807, 2.05) is 0 Å². The van der Waals surface area contributed by atoms with Crippen molar-refractivity contribution in [2.45, 2.75) is 50.6 Å². The van der Waals surface area contributed by atoms with E-state index < -0.39 is 0 Å². The summed E-state index contributed by atoms with van der Waals surface area (Å²) in [5.74, 6) is 1.45. The van der Waals surface area contributed by atoms with Crippen LogP contribution in [0.5, 0.6) is 0 Å². The Kier molecular flexibility index (Phi) is 5.63. The predicted molar refractivity (Wildman–Crippen MR) is 120 cm³/mol. The molecule has 4 rings (SSSR count). The molecule has 2 atom stereocenters. The van der Waals surface area contributed by atoms with Crippen molar-refractivity contribution in [1.29, 1.82) is 0 Å². The number of H-pyrrole nitrogens is 1. The fourth-order valence-corrected chi connectivity index (χ4v) is 5.73. The summed E-state index contributed by atoms with van der Waals surface area (Å²) in [7, 11) is 2.08. The molecule has 2 heterocycles. The van der Waals surface area contributed by atoms with Crippen LogP contribution in [0.4, 0.5) is 0 Å². The summed E-state index contributed by atoms with van der Waals surface area (Å²) in [6.07, 6.45) is 5.33. The van der Waals surface area contributed by atoms with E-state index in [0.717, 1.165) is 41.8 Å². The average Bonchev–Trinajstić information content (AvgIpc) is 3.05. The van der Waals surface area contributed by atoms with Crippen LogP contribution in [0.2, 0.25) is 0 Å². The normalized spacial score (nSPS) is 17.8. The molecule has 2 aromatic heterocycles. The molecule has 0 spiro atoms. The van der Waals surface area contributed by atoms with Crippen LogP contribution in [-0.2, 0) is 19.4 Å². The highest BCUT2D eigenvalue weighted by Crippen LogP contribution is 2.36.